The van der Waals surface area contributed by atoms with Gasteiger partial charge >= 0.3 is 6.61 Å². The molecule has 14 heteroatoms. The number of hydrogen-bond acceptors (Lipinski definition) is 8. The number of aromatic nitrogens is 3. The number of carbonyl (C=O) groups excluding carboxylic acids is 3. The summed E-state index contributed by atoms with van der Waals surface area (Å²) in [5.74, 6) is -0.683. The molecule has 2 aliphatic heterocycles. The summed E-state index contributed by atoms with van der Waals surface area (Å²) in [6.45, 7) is -2.00. The highest BCUT2D eigenvalue weighted by Crippen LogP contribution is 2.45. The number of nitrogens with zero attached hydrogens (tertiary/aromatic N) is 3. The normalized spacial score (nSPS) is 18.1. The molecule has 5 heterocycles. The molecular weight excluding hydrogens is 582 g/mol. The van der Waals surface area contributed by atoms with Gasteiger partial charge in [-0.2, -0.15) is 8.78 Å². The van der Waals surface area contributed by atoms with E-state index in [1.54, 1.807) is 25.4 Å². The van der Waals surface area contributed by atoms with E-state index >= 15 is 0 Å². The summed E-state index contributed by atoms with van der Waals surface area (Å²) in [6, 6.07) is 11.1. The van der Waals surface area contributed by atoms with Crippen molar-refractivity contribution in [3.8, 4) is 11.5 Å². The Bertz CT molecular complexity index is 1670. The maximum Gasteiger partial charge on any atom is 0.345 e. The average molecular weight is 609 g/mol. The zero-order chi connectivity index (χ0) is 30.1. The van der Waals surface area contributed by atoms with Crippen LogP contribution in [0.1, 0.15) is 35.4 Å². The van der Waals surface area contributed by atoms with Crippen molar-refractivity contribution < 1.29 is 32.6 Å². The van der Waals surface area contributed by atoms with E-state index in [4.69, 9.17) is 4.74 Å². The summed E-state index contributed by atoms with van der Waals surface area (Å²) in [7, 11) is 0. The summed E-state index contributed by atoms with van der Waals surface area (Å²) < 4.78 is 36.5. The van der Waals surface area contributed by atoms with Crippen molar-refractivity contribution in [2.45, 2.75) is 48.1 Å². The number of fused-ring (bicyclic) bond motifs is 3. The van der Waals surface area contributed by atoms with Gasteiger partial charge in [-0.05, 0) is 37.3 Å². The first-order valence-electron chi connectivity index (χ1n) is 13.4. The van der Waals surface area contributed by atoms with E-state index in [-0.39, 0.29) is 18.5 Å². The van der Waals surface area contributed by atoms with Gasteiger partial charge in [0, 0.05) is 48.2 Å². The maximum atomic E-state index is 13.3. The second kappa shape index (κ2) is 12.0. The fourth-order valence-electron chi connectivity index (χ4n) is 5.09. The number of amides is 3. The highest BCUT2D eigenvalue weighted by atomic mass is 32.2. The number of para-hydroxylation sites is 1. The monoisotopic (exact) mass is 608 g/mol. The zero-order valence-electron chi connectivity index (χ0n) is 22.8. The van der Waals surface area contributed by atoms with Crippen molar-refractivity contribution in [1.82, 2.24) is 30.5 Å². The molecule has 0 aliphatic carbocycles. The van der Waals surface area contributed by atoms with Crippen molar-refractivity contribution in [3.63, 3.8) is 0 Å². The van der Waals surface area contributed by atoms with Gasteiger partial charge in [0.1, 0.15) is 16.8 Å². The number of benzene rings is 1. The quantitative estimate of drug-likeness (QED) is 0.240. The molecule has 3 amide bonds. The molecule has 0 spiro atoms. The lowest BCUT2D eigenvalue weighted by Gasteiger charge is -2.25. The van der Waals surface area contributed by atoms with Crippen molar-refractivity contribution >= 4 is 40.4 Å². The van der Waals surface area contributed by atoms with Gasteiger partial charge in [0.2, 0.25) is 11.8 Å². The van der Waals surface area contributed by atoms with Crippen molar-refractivity contribution in [2.75, 3.05) is 13.1 Å². The summed E-state index contributed by atoms with van der Waals surface area (Å²) in [6.07, 6.45) is 3.54. The molecule has 43 heavy (non-hydrogen) atoms. The van der Waals surface area contributed by atoms with Crippen LogP contribution in [-0.2, 0) is 14.3 Å². The molecule has 1 saturated heterocycles. The average Bonchev–Trinajstić information content (AvgIpc) is 3.63. The molecule has 222 valence electrons. The van der Waals surface area contributed by atoms with E-state index in [1.165, 1.54) is 24.0 Å². The molecule has 0 radical (unpaired) electrons. The fraction of sp³-hybridized carbons (Fsp3) is 0.276. The SMILES string of the molecule is C[C@@H](NC(=O)[C@@H]1C[C@@H](OC(F)F)CN1C(=O)CNC(=O)c1cnc2c(c1)Oc1ccccc1S2)c1cc2cnccc2[nH]1. The topological polar surface area (TPSA) is 139 Å². The highest BCUT2D eigenvalue weighted by molar-refractivity contribution is 7.99. The number of alkyl halides is 2. The summed E-state index contributed by atoms with van der Waals surface area (Å²) >= 11 is 1.41. The third kappa shape index (κ3) is 6.15. The predicted octanol–water partition coefficient (Wildman–Crippen LogP) is 4.03. The molecule has 1 aromatic carbocycles. The van der Waals surface area contributed by atoms with Crippen LogP contribution in [0.2, 0.25) is 0 Å². The van der Waals surface area contributed by atoms with Crippen LogP contribution in [0.25, 0.3) is 10.9 Å². The Kier molecular flexibility index (Phi) is 7.95. The van der Waals surface area contributed by atoms with Gasteiger partial charge < -0.3 is 30.0 Å². The number of carbonyl (C=O) groups is 3. The highest BCUT2D eigenvalue weighted by Gasteiger charge is 2.41. The van der Waals surface area contributed by atoms with Crippen LogP contribution in [-0.4, -0.2) is 69.4 Å². The van der Waals surface area contributed by atoms with E-state index < -0.39 is 49.1 Å². The van der Waals surface area contributed by atoms with Crippen LogP contribution in [0.5, 0.6) is 11.5 Å². The second-order valence-corrected chi connectivity index (χ2v) is 11.1. The number of ether oxygens (including phenoxy) is 2. The van der Waals surface area contributed by atoms with Crippen LogP contribution in [0.3, 0.4) is 0 Å². The Morgan fingerprint density at radius 1 is 1.19 bits per heavy atom. The minimum absolute atomic E-state index is 0.121. The first-order valence-corrected chi connectivity index (χ1v) is 14.3. The van der Waals surface area contributed by atoms with Crippen molar-refractivity contribution in [1.29, 1.82) is 0 Å². The van der Waals surface area contributed by atoms with Gasteiger partial charge in [-0.15, -0.1) is 0 Å². The Balaban J connectivity index is 1.11. The number of rotatable bonds is 8. The van der Waals surface area contributed by atoms with Gasteiger partial charge in [0.25, 0.3) is 5.91 Å². The van der Waals surface area contributed by atoms with Gasteiger partial charge in [-0.25, -0.2) is 4.98 Å². The number of pyridine rings is 2. The first-order chi connectivity index (χ1) is 20.7. The lowest BCUT2D eigenvalue weighted by Crippen LogP contribution is -2.49. The van der Waals surface area contributed by atoms with Crippen LogP contribution in [0, 0.1) is 0 Å². The number of halogens is 2. The van der Waals surface area contributed by atoms with Gasteiger partial charge in [-0.1, -0.05) is 23.9 Å². The Labute approximate surface area is 248 Å². The third-order valence-corrected chi connectivity index (χ3v) is 8.26. The lowest BCUT2D eigenvalue weighted by atomic mass is 10.1. The maximum absolute atomic E-state index is 13.3. The molecule has 3 N–H and O–H groups in total. The fourth-order valence-corrected chi connectivity index (χ4v) is 5.96. The molecule has 0 bridgehead atoms. The number of nitrogens with one attached hydrogen (secondary N) is 3. The second-order valence-electron chi connectivity index (χ2n) is 10.1. The van der Waals surface area contributed by atoms with E-state index in [0.717, 1.165) is 20.7 Å². The molecule has 3 aromatic heterocycles. The standard InChI is InChI=1S/C29H26F2N6O5S/c1-15(20-8-16-11-32-7-6-19(16)36-20)35-27(40)21-10-18(41-29(30)31)14-37(21)25(38)13-33-26(39)17-9-23-28(34-12-17)43-24-5-3-2-4-22(24)42-23/h2-9,11-12,15,18,21,29,36H,10,13-14H2,1H3,(H,33,39)(H,35,40)/t15-,18-,21+/m1/s1. The largest absolute Gasteiger partial charge is 0.453 e. The van der Waals surface area contributed by atoms with Crippen molar-refractivity contribution in [3.05, 3.63) is 72.3 Å². The molecular formula is C29H26F2N6O5S. The van der Waals surface area contributed by atoms with Crippen molar-refractivity contribution in [2.24, 2.45) is 0 Å². The van der Waals surface area contributed by atoms with Crippen LogP contribution in [0.4, 0.5) is 8.78 Å². The summed E-state index contributed by atoms with van der Waals surface area (Å²) in [4.78, 5) is 53.1. The molecule has 1 fully saturated rings. The Hall–Kier alpha value is -4.56. The van der Waals surface area contributed by atoms with Gasteiger partial charge in [0.15, 0.2) is 5.75 Å². The minimum Gasteiger partial charge on any atom is -0.453 e. The van der Waals surface area contributed by atoms with E-state index in [0.29, 0.717) is 22.2 Å². The summed E-state index contributed by atoms with van der Waals surface area (Å²) in [5, 5.41) is 6.84. The molecule has 6 rings (SSSR count). The number of likely N-dealkylation sites (tertiary alicyclic amines) is 1. The summed E-state index contributed by atoms with van der Waals surface area (Å²) in [5.41, 5.74) is 1.72. The van der Waals surface area contributed by atoms with E-state index in [1.807, 2.05) is 30.3 Å². The molecule has 4 aromatic rings. The van der Waals surface area contributed by atoms with Gasteiger partial charge in [-0.3, -0.25) is 19.4 Å². The molecule has 2 aliphatic rings. The van der Waals surface area contributed by atoms with Gasteiger partial charge in [0.05, 0.1) is 29.1 Å². The lowest BCUT2D eigenvalue weighted by molar-refractivity contribution is -0.160. The van der Waals surface area contributed by atoms with Crippen LogP contribution in [0.15, 0.2) is 71.0 Å². The third-order valence-electron chi connectivity index (χ3n) is 7.20. The molecule has 0 saturated carbocycles. The van der Waals surface area contributed by atoms with Crippen LogP contribution < -0.4 is 15.4 Å². The Morgan fingerprint density at radius 2 is 2.02 bits per heavy atom. The molecule has 11 nitrogen and oxygen atoms in total. The minimum atomic E-state index is -3.06. The number of aromatic amines is 1. The smallest absolute Gasteiger partial charge is 0.345 e. The zero-order valence-corrected chi connectivity index (χ0v) is 23.6. The Morgan fingerprint density at radius 3 is 2.84 bits per heavy atom. The number of H-pyrrole nitrogens is 1. The number of hydrogen-bond donors (Lipinski definition) is 3. The first kappa shape index (κ1) is 28.6. The predicted molar refractivity (Wildman–Crippen MR) is 151 cm³/mol. The molecule has 3 atom stereocenters. The molecule has 0 unspecified atom stereocenters. The van der Waals surface area contributed by atoms with Crippen LogP contribution >= 0.6 is 11.8 Å². The van der Waals surface area contributed by atoms with E-state index in [2.05, 4.69) is 30.3 Å². The van der Waals surface area contributed by atoms with E-state index in [9.17, 15) is 23.2 Å².